The van der Waals surface area contributed by atoms with E-state index in [1.807, 2.05) is 5.09 Å². The molecule has 0 radical (unpaired) electrons. The van der Waals surface area contributed by atoms with Crippen LogP contribution in [0, 0.1) is 11.8 Å². The largest absolute Gasteiger partial charge is 0.489 e. The maximum Gasteiger partial charge on any atom is 0.489 e. The Morgan fingerprint density at radius 3 is 1.86 bits per heavy atom. The first kappa shape index (κ1) is 51.1. The van der Waals surface area contributed by atoms with Gasteiger partial charge in [0.15, 0.2) is 17.4 Å². The van der Waals surface area contributed by atoms with E-state index < -0.39 is 110 Å². The lowest BCUT2D eigenvalue weighted by molar-refractivity contribution is -0.144. The van der Waals surface area contributed by atoms with Gasteiger partial charge in [-0.25, -0.2) is 18.7 Å². The highest BCUT2D eigenvalue weighted by Crippen LogP contribution is 2.67. The number of aliphatic carboxylic acids is 4. The van der Waals surface area contributed by atoms with Crippen molar-refractivity contribution in [3.8, 4) is 11.8 Å². The summed E-state index contributed by atoms with van der Waals surface area (Å²) in [4.78, 5) is 100. The van der Waals surface area contributed by atoms with Crippen molar-refractivity contribution in [1.29, 1.82) is 0 Å². The molecule has 356 valence electrons. The Labute approximate surface area is 369 Å². The molecule has 3 heterocycles. The van der Waals surface area contributed by atoms with E-state index in [2.05, 4.69) is 39.9 Å². The molecule has 0 bridgehead atoms. The lowest BCUT2D eigenvalue weighted by Crippen LogP contribution is -2.34. The van der Waals surface area contributed by atoms with Crippen LogP contribution in [0.3, 0.4) is 0 Å². The Morgan fingerprint density at radius 2 is 1.33 bits per heavy atom. The van der Waals surface area contributed by atoms with Gasteiger partial charge in [0.1, 0.15) is 18.3 Å². The number of aliphatic hydroxyl groups is 2. The number of phosphoric acid groups is 2. The van der Waals surface area contributed by atoms with Gasteiger partial charge in [0.25, 0.3) is 5.56 Å². The maximum atomic E-state index is 12.8. The number of rotatable bonds is 22. The van der Waals surface area contributed by atoms with Crippen molar-refractivity contribution in [3.63, 3.8) is 0 Å². The SMILES string of the molecule is Nc1nc2c(ncn2[C@@H]2O[C@H](COP(=O)(O)OP(=O)(O)OP(=O)(O)Nc3ccc(C#Cc4cc(CN(CC(=O)O)CC(=O)O)cc(CN(CC(=O)O)CC(=O)O)c4)cc3)[C@H](O)C2O)c(=O)[nH]1. The van der Waals surface area contributed by atoms with Crippen LogP contribution in [-0.4, -0.2) is 150 Å². The molecule has 66 heavy (non-hydrogen) atoms. The molecule has 1 aliphatic rings. The van der Waals surface area contributed by atoms with Gasteiger partial charge in [0.2, 0.25) is 5.95 Å². The first-order chi connectivity index (χ1) is 30.8. The van der Waals surface area contributed by atoms with Crippen LogP contribution in [0.1, 0.15) is 28.5 Å². The molecular formula is C34H39N8O21P3. The molecule has 29 nitrogen and oxygen atoms in total. The average Bonchev–Trinajstić information content (AvgIpc) is 3.70. The fourth-order valence-electron chi connectivity index (χ4n) is 6.29. The minimum Gasteiger partial charge on any atom is -0.480 e. The van der Waals surface area contributed by atoms with Crippen molar-refractivity contribution in [2.24, 2.45) is 0 Å². The number of fused-ring (bicyclic) bond motifs is 1. The summed E-state index contributed by atoms with van der Waals surface area (Å²) in [6, 6.07) is 9.41. The fourth-order valence-corrected chi connectivity index (χ4v) is 10.0. The molecule has 13 N–H and O–H groups in total. The number of nitrogens with two attached hydrogens (primary N) is 1. The van der Waals surface area contributed by atoms with Gasteiger partial charge in [0, 0.05) is 29.9 Å². The molecule has 0 spiro atoms. The summed E-state index contributed by atoms with van der Waals surface area (Å²) in [5, 5.41) is 60.1. The molecule has 2 aromatic carbocycles. The lowest BCUT2D eigenvalue weighted by Gasteiger charge is -2.21. The summed E-state index contributed by atoms with van der Waals surface area (Å²) in [5.74, 6) is 0.0123. The maximum absolute atomic E-state index is 12.8. The molecule has 4 unspecified atom stereocenters. The Bertz CT molecular complexity index is 2670. The number of carbonyl (C=O) groups is 4. The van der Waals surface area contributed by atoms with Crippen molar-refractivity contribution in [2.75, 3.05) is 43.6 Å². The Balaban J connectivity index is 1.23. The molecule has 0 amide bonds. The minimum absolute atomic E-state index is 0.159. The van der Waals surface area contributed by atoms with Crippen LogP contribution in [0.15, 0.2) is 53.6 Å². The molecule has 1 fully saturated rings. The quantitative estimate of drug-likeness (QED) is 0.0336. The topological polar surface area (TPSA) is 447 Å². The van der Waals surface area contributed by atoms with Crippen LogP contribution in [0.5, 0.6) is 0 Å². The molecule has 7 atom stereocenters. The number of hydrogen-bond donors (Lipinski definition) is 12. The molecule has 0 saturated carbocycles. The van der Waals surface area contributed by atoms with Crippen LogP contribution in [-0.2, 0) is 63.8 Å². The van der Waals surface area contributed by atoms with Crippen molar-refractivity contribution < 1.29 is 96.1 Å². The number of ether oxygens (including phenoxy) is 1. The zero-order chi connectivity index (χ0) is 48.7. The van der Waals surface area contributed by atoms with E-state index in [0.717, 1.165) is 32.8 Å². The predicted molar refractivity (Wildman–Crippen MR) is 220 cm³/mol. The van der Waals surface area contributed by atoms with Crippen LogP contribution in [0.25, 0.3) is 11.2 Å². The molecule has 2 aromatic heterocycles. The van der Waals surface area contributed by atoms with E-state index in [4.69, 9.17) is 10.5 Å². The van der Waals surface area contributed by atoms with E-state index in [1.165, 1.54) is 30.3 Å². The zero-order valence-electron chi connectivity index (χ0n) is 33.5. The predicted octanol–water partition coefficient (Wildman–Crippen LogP) is -0.874. The van der Waals surface area contributed by atoms with Crippen LogP contribution in [0.2, 0.25) is 0 Å². The summed E-state index contributed by atoms with van der Waals surface area (Å²) >= 11 is 0. The summed E-state index contributed by atoms with van der Waals surface area (Å²) < 4.78 is 57.5. The minimum atomic E-state index is -5.93. The number of carboxylic acids is 4. The standard InChI is InChI=1S/C34H39N8O21P3/c35-34-37-31-28(32(53)38-34)36-17-42(31)33-30(52)29(51)23(61-33)16-60-65(56,57)63-66(58,59)62-64(54,55)39-22-5-3-18(4-6-22)1-2-19-7-20(10-40(12-24(43)44)13-25(45)46)9-21(8-19)11-41(14-26(47)48)15-27(49)50/h3-9,17,23,29-30,33,51-52H,10-16H2,(H,43,44)(H,45,46)(H,47,48)(H,49,50)(H,56,57)(H,58,59)(H2,39,54,55)(H3,35,37,38,53)/t23-,29+,30?,33-/m1/s1. The van der Waals surface area contributed by atoms with Crippen molar-refractivity contribution >= 4 is 70.1 Å². The van der Waals surface area contributed by atoms with Gasteiger partial charge in [-0.05, 0) is 47.5 Å². The Kier molecular flexibility index (Phi) is 16.4. The normalized spacial score (nSPS) is 19.9. The summed E-state index contributed by atoms with van der Waals surface area (Å²) in [7, 11) is -17.0. The second-order valence-corrected chi connectivity index (χ2v) is 18.8. The molecule has 1 saturated heterocycles. The van der Waals surface area contributed by atoms with Gasteiger partial charge in [-0.1, -0.05) is 17.9 Å². The summed E-state index contributed by atoms with van der Waals surface area (Å²) in [6.07, 6.45) is -5.69. The van der Waals surface area contributed by atoms with Gasteiger partial charge in [-0.15, -0.1) is 0 Å². The zero-order valence-corrected chi connectivity index (χ0v) is 36.1. The van der Waals surface area contributed by atoms with E-state index in [9.17, 15) is 83.0 Å². The number of H-pyrrole nitrogens is 1. The van der Waals surface area contributed by atoms with Gasteiger partial charge in [-0.3, -0.25) is 52.9 Å². The number of nitrogens with one attached hydrogen (secondary N) is 2. The van der Waals surface area contributed by atoms with E-state index in [1.54, 1.807) is 0 Å². The second-order valence-electron chi connectivity index (χ2n) is 14.1. The number of carboxylic acid groups (broad SMARTS) is 4. The fraction of sp³-hybridized carbons (Fsp3) is 0.324. The van der Waals surface area contributed by atoms with E-state index in [-0.39, 0.29) is 47.0 Å². The molecule has 1 aliphatic heterocycles. The van der Waals surface area contributed by atoms with Gasteiger partial charge < -0.3 is 55.8 Å². The lowest BCUT2D eigenvalue weighted by atomic mass is 10.0. The van der Waals surface area contributed by atoms with Crippen molar-refractivity contribution in [2.45, 2.75) is 37.6 Å². The number of aromatic amines is 1. The van der Waals surface area contributed by atoms with Gasteiger partial charge in [-0.2, -0.15) is 13.6 Å². The number of aromatic nitrogens is 4. The number of imidazole rings is 1. The molecule has 4 aromatic rings. The molecular weight excluding hydrogens is 949 g/mol. The summed E-state index contributed by atoms with van der Waals surface area (Å²) in [6.45, 7) is -4.13. The highest BCUT2D eigenvalue weighted by Gasteiger charge is 2.47. The first-order valence-electron chi connectivity index (χ1n) is 18.4. The highest BCUT2D eigenvalue weighted by atomic mass is 31.3. The third-order valence-electron chi connectivity index (χ3n) is 8.69. The number of benzene rings is 2. The molecule has 0 aliphatic carbocycles. The number of hydrogen-bond acceptors (Lipinski definition) is 19. The number of nitrogen functional groups attached to an aromatic ring is 1. The van der Waals surface area contributed by atoms with Crippen LogP contribution in [0.4, 0.5) is 11.6 Å². The third-order valence-corrected chi connectivity index (χ3v) is 13.1. The Morgan fingerprint density at radius 1 is 0.803 bits per heavy atom. The van der Waals surface area contributed by atoms with Crippen LogP contribution >= 0.6 is 23.4 Å². The number of nitrogens with zero attached hydrogens (tertiary/aromatic N) is 5. The number of anilines is 2. The van der Waals surface area contributed by atoms with Crippen molar-refractivity contribution in [3.05, 3.63) is 81.4 Å². The summed E-state index contributed by atoms with van der Waals surface area (Å²) in [5.41, 5.74) is 5.43. The van der Waals surface area contributed by atoms with E-state index >= 15 is 0 Å². The van der Waals surface area contributed by atoms with Crippen molar-refractivity contribution in [1.82, 2.24) is 29.3 Å². The second kappa shape index (κ2) is 21.1. The third kappa shape index (κ3) is 14.8. The van der Waals surface area contributed by atoms with Gasteiger partial charge in [0.05, 0.1) is 39.1 Å². The number of aliphatic hydroxyl groups excluding tert-OH is 2. The van der Waals surface area contributed by atoms with Gasteiger partial charge >= 0.3 is 47.3 Å². The average molecular weight is 989 g/mol. The molecule has 5 rings (SSSR count). The Hall–Kier alpha value is -5.92. The first-order valence-corrected chi connectivity index (χ1v) is 23.0. The monoisotopic (exact) mass is 988 g/mol. The molecule has 32 heteroatoms. The highest BCUT2D eigenvalue weighted by molar-refractivity contribution is 7.68. The smallest absolute Gasteiger partial charge is 0.480 e. The van der Waals surface area contributed by atoms with Crippen LogP contribution < -0.4 is 16.4 Å². The van der Waals surface area contributed by atoms with E-state index in [0.29, 0.717) is 11.1 Å². The number of phosphoric ester groups is 1.